The Morgan fingerprint density at radius 2 is 2.15 bits per heavy atom. The van der Waals surface area contributed by atoms with E-state index in [2.05, 4.69) is 31.1 Å². The maximum atomic E-state index is 10.1. The summed E-state index contributed by atoms with van der Waals surface area (Å²) in [5.41, 5.74) is 0. The van der Waals surface area contributed by atoms with Gasteiger partial charge in [0.05, 0.1) is 0 Å². The molecule has 0 fully saturated rings. The highest BCUT2D eigenvalue weighted by Crippen LogP contribution is 1.95. The van der Waals surface area contributed by atoms with Crippen molar-refractivity contribution >= 4 is 6.09 Å². The SMILES string of the molecule is CC(C)CN(C)CCCNC(=O)O. The second-order valence-corrected chi connectivity index (χ2v) is 3.74. The molecule has 0 aliphatic carbocycles. The zero-order valence-electron chi connectivity index (χ0n) is 8.71. The van der Waals surface area contributed by atoms with Crippen molar-refractivity contribution in [1.29, 1.82) is 0 Å². The normalized spacial score (nSPS) is 10.8. The smallest absolute Gasteiger partial charge is 0.404 e. The lowest BCUT2D eigenvalue weighted by molar-refractivity contribution is 0.193. The molecule has 0 saturated carbocycles. The van der Waals surface area contributed by atoms with E-state index in [9.17, 15) is 4.79 Å². The molecule has 0 aliphatic heterocycles. The van der Waals surface area contributed by atoms with Crippen LogP contribution in [0.2, 0.25) is 0 Å². The van der Waals surface area contributed by atoms with Crippen LogP contribution in [0.4, 0.5) is 4.79 Å². The summed E-state index contributed by atoms with van der Waals surface area (Å²) in [5, 5.41) is 10.6. The van der Waals surface area contributed by atoms with Gasteiger partial charge < -0.3 is 15.3 Å². The molecule has 0 saturated heterocycles. The predicted octanol–water partition coefficient (Wildman–Crippen LogP) is 1.23. The van der Waals surface area contributed by atoms with Crippen molar-refractivity contribution in [2.75, 3.05) is 26.7 Å². The second kappa shape index (κ2) is 6.71. The van der Waals surface area contributed by atoms with Crippen LogP contribution >= 0.6 is 0 Å². The molecule has 78 valence electrons. The minimum Gasteiger partial charge on any atom is -0.465 e. The monoisotopic (exact) mass is 188 g/mol. The lowest BCUT2D eigenvalue weighted by atomic mass is 10.2. The van der Waals surface area contributed by atoms with E-state index >= 15 is 0 Å². The standard InChI is InChI=1S/C9H20N2O2/c1-8(2)7-11(3)6-4-5-10-9(12)13/h8,10H,4-7H2,1-3H3,(H,12,13). The fourth-order valence-electron chi connectivity index (χ4n) is 1.26. The van der Waals surface area contributed by atoms with Gasteiger partial charge in [0.25, 0.3) is 0 Å². The first-order chi connectivity index (χ1) is 6.02. The van der Waals surface area contributed by atoms with Crippen molar-refractivity contribution in [1.82, 2.24) is 10.2 Å². The average molecular weight is 188 g/mol. The Kier molecular flexibility index (Phi) is 6.32. The van der Waals surface area contributed by atoms with Gasteiger partial charge in [-0.05, 0) is 25.9 Å². The van der Waals surface area contributed by atoms with E-state index in [0.29, 0.717) is 12.5 Å². The van der Waals surface area contributed by atoms with Gasteiger partial charge in [-0.2, -0.15) is 0 Å². The van der Waals surface area contributed by atoms with Gasteiger partial charge in [-0.15, -0.1) is 0 Å². The van der Waals surface area contributed by atoms with E-state index in [1.807, 2.05) is 0 Å². The van der Waals surface area contributed by atoms with E-state index in [0.717, 1.165) is 19.5 Å². The zero-order chi connectivity index (χ0) is 10.3. The summed E-state index contributed by atoms with van der Waals surface area (Å²) < 4.78 is 0. The predicted molar refractivity (Wildman–Crippen MR) is 53.0 cm³/mol. The lowest BCUT2D eigenvalue weighted by Crippen LogP contribution is -2.28. The largest absolute Gasteiger partial charge is 0.465 e. The molecule has 0 aliphatic rings. The van der Waals surface area contributed by atoms with Crippen LogP contribution in [-0.4, -0.2) is 42.8 Å². The van der Waals surface area contributed by atoms with Crippen LogP contribution < -0.4 is 5.32 Å². The van der Waals surface area contributed by atoms with Crippen LogP contribution in [0.3, 0.4) is 0 Å². The fourth-order valence-corrected chi connectivity index (χ4v) is 1.26. The number of hydrogen-bond acceptors (Lipinski definition) is 2. The van der Waals surface area contributed by atoms with Crippen molar-refractivity contribution in [3.05, 3.63) is 0 Å². The van der Waals surface area contributed by atoms with Gasteiger partial charge in [-0.25, -0.2) is 4.79 Å². The summed E-state index contributed by atoms with van der Waals surface area (Å²) >= 11 is 0. The van der Waals surface area contributed by atoms with E-state index in [4.69, 9.17) is 5.11 Å². The first kappa shape index (κ1) is 12.2. The van der Waals surface area contributed by atoms with Crippen molar-refractivity contribution in [2.24, 2.45) is 5.92 Å². The van der Waals surface area contributed by atoms with Crippen molar-refractivity contribution < 1.29 is 9.90 Å². The molecule has 0 aromatic heterocycles. The summed E-state index contributed by atoms with van der Waals surface area (Å²) in [7, 11) is 2.06. The minimum absolute atomic E-state index is 0.539. The summed E-state index contributed by atoms with van der Waals surface area (Å²) in [6.07, 6.45) is -0.0679. The molecule has 0 spiro atoms. The fraction of sp³-hybridized carbons (Fsp3) is 0.889. The highest BCUT2D eigenvalue weighted by atomic mass is 16.4. The third-order valence-electron chi connectivity index (χ3n) is 1.67. The summed E-state index contributed by atoms with van der Waals surface area (Å²) in [6.45, 7) is 6.89. The molecular weight excluding hydrogens is 168 g/mol. The third kappa shape index (κ3) is 9.14. The maximum Gasteiger partial charge on any atom is 0.404 e. The number of amides is 1. The Hall–Kier alpha value is -0.770. The molecule has 0 bridgehead atoms. The number of carboxylic acid groups (broad SMARTS) is 1. The topological polar surface area (TPSA) is 52.6 Å². The van der Waals surface area contributed by atoms with Crippen molar-refractivity contribution in [3.8, 4) is 0 Å². The van der Waals surface area contributed by atoms with E-state index in [1.54, 1.807) is 0 Å². The highest BCUT2D eigenvalue weighted by molar-refractivity contribution is 5.64. The minimum atomic E-state index is -0.938. The molecule has 0 aromatic carbocycles. The summed E-state index contributed by atoms with van der Waals surface area (Å²) in [6, 6.07) is 0. The molecule has 0 rings (SSSR count). The van der Waals surface area contributed by atoms with Crippen molar-refractivity contribution in [2.45, 2.75) is 20.3 Å². The van der Waals surface area contributed by atoms with E-state index < -0.39 is 6.09 Å². The quantitative estimate of drug-likeness (QED) is 0.616. The Balaban J connectivity index is 3.26. The number of carbonyl (C=O) groups is 1. The second-order valence-electron chi connectivity index (χ2n) is 3.74. The van der Waals surface area contributed by atoms with Gasteiger partial charge in [0, 0.05) is 13.1 Å². The summed E-state index contributed by atoms with van der Waals surface area (Å²) in [5.74, 6) is 0.664. The molecule has 0 radical (unpaired) electrons. The van der Waals surface area contributed by atoms with Crippen LogP contribution in [0, 0.1) is 5.92 Å². The molecule has 4 nitrogen and oxygen atoms in total. The number of rotatable bonds is 6. The molecule has 0 atom stereocenters. The van der Waals surface area contributed by atoms with Gasteiger partial charge in [-0.1, -0.05) is 13.8 Å². The molecule has 4 heteroatoms. The van der Waals surface area contributed by atoms with Crippen LogP contribution in [0.15, 0.2) is 0 Å². The molecule has 0 heterocycles. The van der Waals surface area contributed by atoms with E-state index in [1.165, 1.54) is 0 Å². The van der Waals surface area contributed by atoms with Crippen LogP contribution in [-0.2, 0) is 0 Å². The molecule has 0 unspecified atom stereocenters. The van der Waals surface area contributed by atoms with Gasteiger partial charge in [0.15, 0.2) is 0 Å². The lowest BCUT2D eigenvalue weighted by Gasteiger charge is -2.18. The third-order valence-corrected chi connectivity index (χ3v) is 1.67. The Bertz CT molecular complexity index is 149. The average Bonchev–Trinajstić information content (AvgIpc) is 1.96. The maximum absolute atomic E-state index is 10.1. The Morgan fingerprint density at radius 3 is 2.62 bits per heavy atom. The number of nitrogens with zero attached hydrogens (tertiary/aromatic N) is 1. The van der Waals surface area contributed by atoms with Gasteiger partial charge in [0.2, 0.25) is 0 Å². The van der Waals surface area contributed by atoms with Crippen LogP contribution in [0.1, 0.15) is 20.3 Å². The first-order valence-corrected chi connectivity index (χ1v) is 4.67. The molecule has 0 aromatic rings. The van der Waals surface area contributed by atoms with Gasteiger partial charge >= 0.3 is 6.09 Å². The van der Waals surface area contributed by atoms with Crippen LogP contribution in [0.25, 0.3) is 0 Å². The Labute approximate surface area is 79.9 Å². The van der Waals surface area contributed by atoms with Crippen molar-refractivity contribution in [3.63, 3.8) is 0 Å². The highest BCUT2D eigenvalue weighted by Gasteiger charge is 2.01. The Morgan fingerprint density at radius 1 is 1.54 bits per heavy atom. The zero-order valence-corrected chi connectivity index (χ0v) is 8.71. The first-order valence-electron chi connectivity index (χ1n) is 4.67. The summed E-state index contributed by atoms with van der Waals surface area (Å²) in [4.78, 5) is 12.3. The number of nitrogens with one attached hydrogen (secondary N) is 1. The van der Waals surface area contributed by atoms with Gasteiger partial charge in [-0.3, -0.25) is 0 Å². The molecule has 2 N–H and O–H groups in total. The molecular formula is C9H20N2O2. The number of hydrogen-bond donors (Lipinski definition) is 2. The molecule has 1 amide bonds. The van der Waals surface area contributed by atoms with Gasteiger partial charge in [0.1, 0.15) is 0 Å². The molecule has 13 heavy (non-hydrogen) atoms. The van der Waals surface area contributed by atoms with E-state index in [-0.39, 0.29) is 0 Å². The van der Waals surface area contributed by atoms with Crippen LogP contribution in [0.5, 0.6) is 0 Å².